The van der Waals surface area contributed by atoms with Crippen molar-refractivity contribution in [3.05, 3.63) is 33.0 Å². The number of allylic oxidation sites excluding steroid dienone is 2. The average Bonchev–Trinajstić information content (AvgIpc) is 3.30. The van der Waals surface area contributed by atoms with Gasteiger partial charge in [0.1, 0.15) is 8.42 Å². The topological polar surface area (TPSA) is 74.8 Å². The number of hydrogen-bond donors (Lipinski definition) is 0. The molecule has 0 radical (unpaired) electrons. The molecule has 0 saturated heterocycles. The van der Waals surface area contributed by atoms with Crippen molar-refractivity contribution in [1.29, 1.82) is 0 Å². The molecule has 2 aromatic rings. The van der Waals surface area contributed by atoms with Crippen LogP contribution in [0.2, 0.25) is 0 Å². The summed E-state index contributed by atoms with van der Waals surface area (Å²) in [5.41, 5.74) is -5.92. The summed E-state index contributed by atoms with van der Waals surface area (Å²) >= 11 is 0.888. The van der Waals surface area contributed by atoms with Gasteiger partial charge in [-0.15, -0.1) is 22.7 Å². The lowest BCUT2D eigenvalue weighted by molar-refractivity contribution is -0.254. The molecule has 3 rings (SSSR count). The standard InChI is InChI=1S/C19H20F6N2O4S4/c1-9-7-11(15(32-9)34(28,29)26(3)4)13-14(18(22,23)19(24,25)17(13,20)21)12-8-10(2)33-16(12)35(30,31)27(5)6/h7-8H,1-6H3. The van der Waals surface area contributed by atoms with Gasteiger partial charge >= 0.3 is 17.8 Å². The largest absolute Gasteiger partial charge is 0.380 e. The lowest BCUT2D eigenvalue weighted by Crippen LogP contribution is -2.49. The van der Waals surface area contributed by atoms with E-state index < -0.39 is 68.5 Å². The molecule has 196 valence electrons. The van der Waals surface area contributed by atoms with Gasteiger partial charge in [0.15, 0.2) is 0 Å². The molecule has 0 aliphatic heterocycles. The minimum Gasteiger partial charge on any atom is -0.206 e. The van der Waals surface area contributed by atoms with Crippen LogP contribution in [0, 0.1) is 13.8 Å². The zero-order valence-corrected chi connectivity index (χ0v) is 22.3. The van der Waals surface area contributed by atoms with E-state index in [1.165, 1.54) is 13.8 Å². The van der Waals surface area contributed by atoms with E-state index in [9.17, 15) is 25.6 Å². The highest BCUT2D eigenvalue weighted by atomic mass is 32.3. The summed E-state index contributed by atoms with van der Waals surface area (Å²) in [6.45, 7) is 2.59. The molecule has 0 N–H and O–H groups in total. The summed E-state index contributed by atoms with van der Waals surface area (Å²) in [5.74, 6) is -17.1. The Morgan fingerprint density at radius 3 is 1.20 bits per heavy atom. The second kappa shape index (κ2) is 8.28. The molecule has 0 saturated carbocycles. The van der Waals surface area contributed by atoms with Crippen LogP contribution in [-0.2, 0) is 20.0 Å². The smallest absolute Gasteiger partial charge is 0.206 e. The fourth-order valence-electron chi connectivity index (χ4n) is 3.48. The van der Waals surface area contributed by atoms with Crippen molar-refractivity contribution in [3.8, 4) is 0 Å². The van der Waals surface area contributed by atoms with Crippen LogP contribution >= 0.6 is 22.7 Å². The maximum Gasteiger partial charge on any atom is 0.380 e. The molecule has 2 aromatic heterocycles. The van der Waals surface area contributed by atoms with Crippen molar-refractivity contribution in [3.63, 3.8) is 0 Å². The van der Waals surface area contributed by atoms with Gasteiger partial charge in [0.05, 0.1) is 0 Å². The van der Waals surface area contributed by atoms with Gasteiger partial charge in [-0.05, 0) is 26.0 Å². The molecule has 0 unspecified atom stereocenters. The fourth-order valence-corrected chi connectivity index (χ4v) is 9.03. The predicted octanol–water partition coefficient (Wildman–Crippen LogP) is 4.76. The Labute approximate surface area is 206 Å². The molecule has 1 aliphatic rings. The van der Waals surface area contributed by atoms with Crippen LogP contribution in [0.15, 0.2) is 20.6 Å². The minimum absolute atomic E-state index is 0.0734. The van der Waals surface area contributed by atoms with E-state index in [4.69, 9.17) is 0 Å². The maximum absolute atomic E-state index is 15.2. The highest BCUT2D eigenvalue weighted by Gasteiger charge is 2.80. The van der Waals surface area contributed by atoms with Gasteiger partial charge in [0.25, 0.3) is 20.0 Å². The summed E-state index contributed by atoms with van der Waals surface area (Å²) in [5, 5.41) is 0. The number of halogens is 6. The minimum atomic E-state index is -5.98. The molecular weight excluding hydrogens is 562 g/mol. The van der Waals surface area contributed by atoms with E-state index in [0.29, 0.717) is 31.3 Å². The molecule has 0 fully saturated rings. The lowest BCUT2D eigenvalue weighted by atomic mass is 9.98. The normalized spacial score (nSPS) is 19.8. The van der Waals surface area contributed by atoms with Gasteiger partial charge in [-0.3, -0.25) is 0 Å². The summed E-state index contributed by atoms with van der Waals surface area (Å²) in [6, 6.07) is 1.61. The molecule has 2 heterocycles. The van der Waals surface area contributed by atoms with Crippen molar-refractivity contribution in [2.75, 3.05) is 28.2 Å². The van der Waals surface area contributed by atoms with Crippen LogP contribution < -0.4 is 0 Å². The van der Waals surface area contributed by atoms with Crippen LogP contribution in [-0.4, -0.2) is 71.4 Å². The molecule has 1 aliphatic carbocycles. The Kier molecular flexibility index (Phi) is 6.65. The summed E-state index contributed by atoms with van der Waals surface area (Å²) < 4.78 is 141. The molecule has 0 spiro atoms. The predicted molar refractivity (Wildman–Crippen MR) is 122 cm³/mol. The van der Waals surface area contributed by atoms with Gasteiger partial charge in [0.2, 0.25) is 0 Å². The molecule has 6 nitrogen and oxygen atoms in total. The molecule has 0 bridgehead atoms. The Morgan fingerprint density at radius 1 is 0.657 bits per heavy atom. The van der Waals surface area contributed by atoms with Gasteiger partial charge in [-0.1, -0.05) is 0 Å². The molecule has 35 heavy (non-hydrogen) atoms. The Balaban J connectivity index is 2.60. The second-order valence-electron chi connectivity index (χ2n) is 8.16. The van der Waals surface area contributed by atoms with E-state index in [1.807, 2.05) is 0 Å². The third-order valence-corrected chi connectivity index (χ3v) is 12.0. The van der Waals surface area contributed by atoms with Gasteiger partial charge in [0, 0.05) is 60.2 Å². The van der Waals surface area contributed by atoms with Crippen molar-refractivity contribution >= 4 is 53.9 Å². The van der Waals surface area contributed by atoms with Crippen molar-refractivity contribution in [2.24, 2.45) is 0 Å². The zero-order valence-electron chi connectivity index (χ0n) is 19.1. The molecule has 0 aromatic carbocycles. The number of alkyl halides is 6. The van der Waals surface area contributed by atoms with E-state index in [-0.39, 0.29) is 9.75 Å². The quantitative estimate of drug-likeness (QED) is 0.461. The monoisotopic (exact) mass is 582 g/mol. The Hall–Kier alpha value is -1.46. The summed E-state index contributed by atoms with van der Waals surface area (Å²) in [4.78, 5) is 0.147. The van der Waals surface area contributed by atoms with Crippen LogP contribution in [0.25, 0.3) is 11.1 Å². The van der Waals surface area contributed by atoms with Crippen LogP contribution in [0.1, 0.15) is 20.9 Å². The second-order valence-corrected chi connectivity index (χ2v) is 15.4. The first-order chi connectivity index (χ1) is 15.6. The lowest BCUT2D eigenvalue weighted by Gasteiger charge is -2.26. The fraction of sp³-hybridized carbons (Fsp3) is 0.474. The molecule has 0 atom stereocenters. The van der Waals surface area contributed by atoms with Gasteiger partial charge in [-0.25, -0.2) is 25.4 Å². The van der Waals surface area contributed by atoms with Crippen molar-refractivity contribution < 1.29 is 43.2 Å². The third-order valence-electron chi connectivity index (χ3n) is 5.28. The van der Waals surface area contributed by atoms with Crippen molar-refractivity contribution in [1.82, 2.24) is 8.61 Å². The molecular formula is C19H20F6N2O4S4. The van der Waals surface area contributed by atoms with E-state index in [2.05, 4.69) is 0 Å². The average molecular weight is 583 g/mol. The molecule has 0 amide bonds. The van der Waals surface area contributed by atoms with Crippen LogP contribution in [0.5, 0.6) is 0 Å². The van der Waals surface area contributed by atoms with Gasteiger partial charge in [-0.2, -0.15) is 26.3 Å². The number of nitrogens with zero attached hydrogens (tertiary/aromatic N) is 2. The number of thiophene rings is 2. The van der Waals surface area contributed by atoms with Crippen LogP contribution in [0.4, 0.5) is 26.3 Å². The summed E-state index contributed by atoms with van der Waals surface area (Å²) in [7, 11) is -4.83. The van der Waals surface area contributed by atoms with Crippen LogP contribution in [0.3, 0.4) is 0 Å². The van der Waals surface area contributed by atoms with Gasteiger partial charge < -0.3 is 0 Å². The maximum atomic E-state index is 15.2. The highest BCUT2D eigenvalue weighted by Crippen LogP contribution is 2.66. The third kappa shape index (κ3) is 3.87. The van der Waals surface area contributed by atoms with E-state index in [1.54, 1.807) is 0 Å². The number of sulfonamides is 2. The first-order valence-electron chi connectivity index (χ1n) is 9.58. The Morgan fingerprint density at radius 2 is 0.943 bits per heavy atom. The number of aryl methyl sites for hydroxylation is 2. The number of hydrogen-bond acceptors (Lipinski definition) is 6. The Bertz CT molecular complexity index is 1330. The molecule has 16 heteroatoms. The van der Waals surface area contributed by atoms with Crippen molar-refractivity contribution in [2.45, 2.75) is 40.0 Å². The number of rotatable bonds is 6. The zero-order chi connectivity index (χ0) is 27.1. The SMILES string of the molecule is Cc1cc(C2=C(c3cc(C)sc3S(=O)(=O)N(C)C)C(F)(F)C(F)(F)C2(F)F)c(S(=O)(=O)N(C)C)s1. The highest BCUT2D eigenvalue weighted by molar-refractivity contribution is 7.91. The first kappa shape index (κ1) is 28.1. The summed E-state index contributed by atoms with van der Waals surface area (Å²) in [6.07, 6.45) is 0. The van der Waals surface area contributed by atoms with E-state index >= 15 is 17.6 Å². The van der Waals surface area contributed by atoms with E-state index in [0.717, 1.165) is 40.3 Å². The first-order valence-corrected chi connectivity index (χ1v) is 14.1.